The predicted molar refractivity (Wildman–Crippen MR) is 89.4 cm³/mol. The molecule has 0 saturated heterocycles. The maximum Gasteiger partial charge on any atom is 0.309 e. The van der Waals surface area contributed by atoms with E-state index in [4.69, 9.17) is 5.11 Å². The fourth-order valence-electron chi connectivity index (χ4n) is 5.77. The third-order valence-corrected chi connectivity index (χ3v) is 7.07. The second-order valence-electron chi connectivity index (χ2n) is 8.19. The van der Waals surface area contributed by atoms with Crippen molar-refractivity contribution < 1.29 is 25.2 Å². The molecule has 0 radical (unpaired) electrons. The molecule has 0 aliphatic heterocycles. The van der Waals surface area contributed by atoms with Crippen LogP contribution in [0.1, 0.15) is 52.4 Å². The molecule has 4 N–H and O–H groups in total. The van der Waals surface area contributed by atoms with Gasteiger partial charge in [0.2, 0.25) is 0 Å². The molecule has 5 nitrogen and oxygen atoms in total. The SMILES string of the molecule is C[C@]12CCC[C@](C)(C(=O)O)C1CC(O)C1=C(O)/C(=C/CO)CCC12. The molecule has 0 bridgehead atoms. The molecule has 2 saturated carbocycles. The van der Waals surface area contributed by atoms with E-state index in [1.807, 2.05) is 6.92 Å². The van der Waals surface area contributed by atoms with Gasteiger partial charge in [0.1, 0.15) is 5.76 Å². The lowest BCUT2D eigenvalue weighted by Gasteiger charge is -2.59. The Morgan fingerprint density at radius 3 is 2.67 bits per heavy atom. The van der Waals surface area contributed by atoms with E-state index in [2.05, 4.69) is 6.92 Å². The quantitative estimate of drug-likeness (QED) is 0.621. The van der Waals surface area contributed by atoms with Crippen LogP contribution in [0.15, 0.2) is 23.0 Å². The maximum atomic E-state index is 12.0. The molecule has 0 aromatic rings. The lowest BCUT2D eigenvalue weighted by atomic mass is 9.45. The molecule has 134 valence electrons. The zero-order valence-electron chi connectivity index (χ0n) is 14.5. The van der Waals surface area contributed by atoms with Gasteiger partial charge in [-0.25, -0.2) is 0 Å². The summed E-state index contributed by atoms with van der Waals surface area (Å²) in [6.07, 6.45) is 5.02. The highest BCUT2D eigenvalue weighted by atomic mass is 16.4. The number of hydrogen-bond donors (Lipinski definition) is 4. The summed E-state index contributed by atoms with van der Waals surface area (Å²) in [6.45, 7) is 3.83. The Bertz CT molecular complexity index is 607. The lowest BCUT2D eigenvalue weighted by Crippen LogP contribution is -2.56. The number of carboxylic acid groups (broad SMARTS) is 1. The van der Waals surface area contributed by atoms with Gasteiger partial charge >= 0.3 is 5.97 Å². The largest absolute Gasteiger partial charge is 0.508 e. The highest BCUT2D eigenvalue weighted by Crippen LogP contribution is 2.63. The zero-order chi connectivity index (χ0) is 17.7. The molecule has 0 amide bonds. The van der Waals surface area contributed by atoms with Crippen molar-refractivity contribution in [3.8, 4) is 0 Å². The number of fused-ring (bicyclic) bond motifs is 3. The van der Waals surface area contributed by atoms with Crippen LogP contribution in [0.25, 0.3) is 0 Å². The minimum atomic E-state index is -0.823. The highest BCUT2D eigenvalue weighted by Gasteiger charge is 2.60. The molecular formula is C19H28O5. The Balaban J connectivity index is 2.08. The standard InChI is InChI=1S/C19H28O5/c1-18-7-3-8-19(2,17(23)24)14(18)10-13(21)15-12(18)5-4-11(6-9-20)16(15)22/h6,12-14,20-22H,3-5,7-10H2,1-2H3,(H,23,24)/b11-6+/t12?,13?,14?,18-,19+/m1/s1. The minimum absolute atomic E-state index is 0.000989. The van der Waals surface area contributed by atoms with E-state index in [0.29, 0.717) is 30.4 Å². The lowest BCUT2D eigenvalue weighted by molar-refractivity contribution is -0.167. The van der Waals surface area contributed by atoms with Gasteiger partial charge in [0.15, 0.2) is 0 Å². The molecule has 3 aliphatic rings. The molecule has 3 rings (SSSR count). The van der Waals surface area contributed by atoms with Crippen molar-refractivity contribution in [2.24, 2.45) is 22.7 Å². The topological polar surface area (TPSA) is 98.0 Å². The van der Waals surface area contributed by atoms with E-state index in [9.17, 15) is 20.1 Å². The second kappa shape index (κ2) is 5.88. The van der Waals surface area contributed by atoms with Gasteiger partial charge in [0.05, 0.1) is 18.1 Å². The molecule has 0 aromatic carbocycles. The first-order chi connectivity index (χ1) is 11.3. The summed E-state index contributed by atoms with van der Waals surface area (Å²) >= 11 is 0. The van der Waals surface area contributed by atoms with Crippen molar-refractivity contribution in [2.45, 2.75) is 58.5 Å². The first-order valence-electron chi connectivity index (χ1n) is 8.90. The number of hydrogen-bond acceptors (Lipinski definition) is 4. The number of aliphatic hydroxyl groups excluding tert-OH is 3. The molecule has 3 unspecified atom stereocenters. The van der Waals surface area contributed by atoms with Crippen molar-refractivity contribution >= 4 is 5.97 Å². The molecule has 0 spiro atoms. The van der Waals surface area contributed by atoms with Gasteiger partial charge in [-0.05, 0) is 61.9 Å². The van der Waals surface area contributed by atoms with E-state index in [1.165, 1.54) is 0 Å². The second-order valence-corrected chi connectivity index (χ2v) is 8.19. The third kappa shape index (κ3) is 2.32. The summed E-state index contributed by atoms with van der Waals surface area (Å²) in [4.78, 5) is 12.0. The molecular weight excluding hydrogens is 308 g/mol. The van der Waals surface area contributed by atoms with Crippen LogP contribution in [0.3, 0.4) is 0 Å². The zero-order valence-corrected chi connectivity index (χ0v) is 14.5. The van der Waals surface area contributed by atoms with Gasteiger partial charge in [-0.1, -0.05) is 19.4 Å². The van der Waals surface area contributed by atoms with Crippen molar-refractivity contribution in [1.82, 2.24) is 0 Å². The fourth-order valence-corrected chi connectivity index (χ4v) is 5.77. The van der Waals surface area contributed by atoms with Gasteiger partial charge in [-0.3, -0.25) is 4.79 Å². The Kier molecular flexibility index (Phi) is 4.29. The van der Waals surface area contributed by atoms with Crippen LogP contribution >= 0.6 is 0 Å². The molecule has 24 heavy (non-hydrogen) atoms. The van der Waals surface area contributed by atoms with Crippen LogP contribution < -0.4 is 0 Å². The molecule has 5 heteroatoms. The van der Waals surface area contributed by atoms with Gasteiger partial charge < -0.3 is 20.4 Å². The van der Waals surface area contributed by atoms with Crippen LogP contribution in [0, 0.1) is 22.7 Å². The summed E-state index contributed by atoms with van der Waals surface area (Å²) in [5.41, 5.74) is 0.311. The van der Waals surface area contributed by atoms with Crippen molar-refractivity contribution in [3.63, 3.8) is 0 Å². The van der Waals surface area contributed by atoms with Gasteiger partial charge in [-0.2, -0.15) is 0 Å². The number of aliphatic carboxylic acids is 1. The van der Waals surface area contributed by atoms with Crippen molar-refractivity contribution in [1.29, 1.82) is 0 Å². The van der Waals surface area contributed by atoms with E-state index in [1.54, 1.807) is 6.08 Å². The maximum absolute atomic E-state index is 12.0. The van der Waals surface area contributed by atoms with E-state index < -0.39 is 17.5 Å². The van der Waals surface area contributed by atoms with Crippen molar-refractivity contribution in [3.05, 3.63) is 23.0 Å². The van der Waals surface area contributed by atoms with E-state index in [0.717, 1.165) is 19.3 Å². The fraction of sp³-hybridized carbons (Fsp3) is 0.737. The summed E-state index contributed by atoms with van der Waals surface area (Å²) in [5.74, 6) is -0.758. The van der Waals surface area contributed by atoms with Crippen LogP contribution in [-0.2, 0) is 4.79 Å². The summed E-state index contributed by atoms with van der Waals surface area (Å²) in [7, 11) is 0. The number of carbonyl (C=O) groups is 1. The van der Waals surface area contributed by atoms with E-state index >= 15 is 0 Å². The molecule has 0 heterocycles. The summed E-state index contributed by atoms with van der Waals surface area (Å²) < 4.78 is 0. The first kappa shape index (κ1) is 17.5. The van der Waals surface area contributed by atoms with E-state index in [-0.39, 0.29) is 29.6 Å². The Hall–Kier alpha value is -1.33. The van der Waals surface area contributed by atoms with Gasteiger partial charge in [-0.15, -0.1) is 0 Å². The minimum Gasteiger partial charge on any atom is -0.508 e. The number of aliphatic hydroxyl groups is 3. The average Bonchev–Trinajstić information content (AvgIpc) is 2.52. The van der Waals surface area contributed by atoms with Crippen LogP contribution in [-0.4, -0.2) is 39.1 Å². The molecule has 0 aromatic heterocycles. The molecule has 3 aliphatic carbocycles. The Labute approximate surface area is 142 Å². The Morgan fingerprint density at radius 2 is 2.04 bits per heavy atom. The van der Waals surface area contributed by atoms with Crippen LogP contribution in [0.2, 0.25) is 0 Å². The van der Waals surface area contributed by atoms with Crippen LogP contribution in [0.4, 0.5) is 0 Å². The number of allylic oxidation sites excluding steroid dienone is 1. The van der Waals surface area contributed by atoms with Crippen molar-refractivity contribution in [2.75, 3.05) is 6.61 Å². The number of rotatable bonds is 2. The van der Waals surface area contributed by atoms with Gasteiger partial charge in [0, 0.05) is 5.57 Å². The first-order valence-corrected chi connectivity index (χ1v) is 8.90. The monoisotopic (exact) mass is 336 g/mol. The third-order valence-electron chi connectivity index (χ3n) is 7.07. The summed E-state index contributed by atoms with van der Waals surface area (Å²) in [5, 5.41) is 40.3. The predicted octanol–water partition coefficient (Wildman–Crippen LogP) is 2.79. The van der Waals surface area contributed by atoms with Gasteiger partial charge in [0.25, 0.3) is 0 Å². The highest BCUT2D eigenvalue weighted by molar-refractivity contribution is 5.75. The van der Waals surface area contributed by atoms with Crippen LogP contribution in [0.5, 0.6) is 0 Å². The Morgan fingerprint density at radius 1 is 1.33 bits per heavy atom. The smallest absolute Gasteiger partial charge is 0.309 e. The average molecular weight is 336 g/mol. The molecule has 5 atom stereocenters. The number of carboxylic acids is 1. The summed E-state index contributed by atoms with van der Waals surface area (Å²) in [6, 6.07) is 0. The molecule has 2 fully saturated rings. The normalized spacial score (nSPS) is 44.2.